The molecule has 1 aliphatic rings. The molecule has 0 bridgehead atoms. The minimum atomic E-state index is -0.887. The summed E-state index contributed by atoms with van der Waals surface area (Å²) < 4.78 is 16.0. The molecule has 2 aromatic carbocycles. The third-order valence-electron chi connectivity index (χ3n) is 6.30. The number of allylic oxidation sites excluding steroid dienone is 2. The summed E-state index contributed by atoms with van der Waals surface area (Å²) in [6.07, 6.45) is 5.86. The quantitative estimate of drug-likeness (QED) is 0.224. The Morgan fingerprint density at radius 2 is 1.62 bits per heavy atom. The van der Waals surface area contributed by atoms with Crippen LogP contribution in [0.15, 0.2) is 102 Å². The van der Waals surface area contributed by atoms with E-state index in [1.807, 2.05) is 37.3 Å². The first-order chi connectivity index (χ1) is 17.9. The van der Waals surface area contributed by atoms with Gasteiger partial charge in [0.05, 0.1) is 5.54 Å². The van der Waals surface area contributed by atoms with Crippen molar-refractivity contribution in [3.63, 3.8) is 0 Å². The average Bonchev–Trinajstić information content (AvgIpc) is 2.89. The highest BCUT2D eigenvalue weighted by Gasteiger charge is 2.43. The summed E-state index contributed by atoms with van der Waals surface area (Å²) in [5.74, 6) is 1.04. The molecule has 0 saturated heterocycles. The highest BCUT2D eigenvalue weighted by Crippen LogP contribution is 2.45. The SMILES string of the molecule is C/C=C1/C(CC)C=C(C)CC1(NC(=O)Oc1ccccc1)c1ccc(OC(=O)Oc2ccccc2)nc1. The van der Waals surface area contributed by atoms with Gasteiger partial charge in [-0.1, -0.05) is 61.0 Å². The maximum Gasteiger partial charge on any atom is 0.520 e. The molecule has 1 N–H and O–H groups in total. The van der Waals surface area contributed by atoms with E-state index in [1.54, 1.807) is 54.7 Å². The van der Waals surface area contributed by atoms with Crippen molar-refractivity contribution in [2.24, 2.45) is 5.92 Å². The number of carbonyl (C=O) groups is 2. The molecule has 0 spiro atoms. The minimum absolute atomic E-state index is 0.0869. The first-order valence-electron chi connectivity index (χ1n) is 12.2. The van der Waals surface area contributed by atoms with Crippen LogP contribution in [-0.2, 0) is 5.54 Å². The Balaban J connectivity index is 1.61. The van der Waals surface area contributed by atoms with Gasteiger partial charge in [-0.25, -0.2) is 14.6 Å². The number of nitrogens with one attached hydrogen (secondary N) is 1. The molecule has 2 unspecified atom stereocenters. The van der Waals surface area contributed by atoms with E-state index in [4.69, 9.17) is 14.2 Å². The molecule has 7 heteroatoms. The Kier molecular flexibility index (Phi) is 8.03. The Bertz CT molecular complexity index is 1290. The molecular weight excluding hydrogens is 468 g/mol. The second kappa shape index (κ2) is 11.6. The molecule has 1 amide bonds. The van der Waals surface area contributed by atoms with Gasteiger partial charge in [0.2, 0.25) is 5.88 Å². The van der Waals surface area contributed by atoms with E-state index in [1.165, 1.54) is 0 Å². The number of ether oxygens (including phenoxy) is 3. The van der Waals surface area contributed by atoms with Crippen LogP contribution in [0, 0.1) is 5.92 Å². The van der Waals surface area contributed by atoms with Crippen LogP contribution < -0.4 is 19.5 Å². The smallest absolute Gasteiger partial charge is 0.410 e. The van der Waals surface area contributed by atoms with Gasteiger partial charge in [0.25, 0.3) is 0 Å². The van der Waals surface area contributed by atoms with Gasteiger partial charge in [0, 0.05) is 23.7 Å². The lowest BCUT2D eigenvalue weighted by Crippen LogP contribution is -2.51. The lowest BCUT2D eigenvalue weighted by atomic mass is 9.68. The number of benzene rings is 2. The van der Waals surface area contributed by atoms with E-state index in [0.29, 0.717) is 17.9 Å². The second-order valence-corrected chi connectivity index (χ2v) is 8.83. The molecule has 4 rings (SSSR count). The zero-order valence-corrected chi connectivity index (χ0v) is 21.1. The maximum atomic E-state index is 13.1. The predicted molar refractivity (Wildman–Crippen MR) is 141 cm³/mol. The molecule has 1 aromatic heterocycles. The van der Waals surface area contributed by atoms with Gasteiger partial charge in [-0.05, 0) is 62.6 Å². The number of nitrogens with zero attached hydrogens (tertiary/aromatic N) is 1. The number of aromatic nitrogens is 1. The van der Waals surface area contributed by atoms with E-state index in [0.717, 1.165) is 23.1 Å². The zero-order valence-electron chi connectivity index (χ0n) is 21.1. The second-order valence-electron chi connectivity index (χ2n) is 8.83. The number of para-hydroxylation sites is 2. The fourth-order valence-electron chi connectivity index (χ4n) is 4.76. The number of rotatable bonds is 6. The summed E-state index contributed by atoms with van der Waals surface area (Å²) in [6, 6.07) is 21.0. The average molecular weight is 499 g/mol. The molecule has 3 aromatic rings. The first-order valence-corrected chi connectivity index (χ1v) is 12.2. The van der Waals surface area contributed by atoms with Gasteiger partial charge in [0.1, 0.15) is 11.5 Å². The van der Waals surface area contributed by atoms with Gasteiger partial charge in [0.15, 0.2) is 0 Å². The van der Waals surface area contributed by atoms with E-state index in [2.05, 4.69) is 30.2 Å². The minimum Gasteiger partial charge on any atom is -0.410 e. The first kappa shape index (κ1) is 25.7. The molecule has 7 nitrogen and oxygen atoms in total. The number of hydrogen-bond acceptors (Lipinski definition) is 6. The van der Waals surface area contributed by atoms with E-state index in [-0.39, 0.29) is 11.8 Å². The third kappa shape index (κ3) is 6.06. The number of hydrogen-bond donors (Lipinski definition) is 1. The van der Waals surface area contributed by atoms with Crippen molar-refractivity contribution in [1.29, 1.82) is 0 Å². The number of pyridine rings is 1. The Labute approximate surface area is 216 Å². The highest BCUT2D eigenvalue weighted by molar-refractivity contribution is 5.73. The molecule has 0 saturated carbocycles. The van der Waals surface area contributed by atoms with Crippen molar-refractivity contribution >= 4 is 12.2 Å². The fourth-order valence-corrected chi connectivity index (χ4v) is 4.76. The van der Waals surface area contributed by atoms with Crippen LogP contribution in [0.4, 0.5) is 9.59 Å². The molecule has 0 fully saturated rings. The van der Waals surface area contributed by atoms with Crippen molar-refractivity contribution in [1.82, 2.24) is 10.3 Å². The summed E-state index contributed by atoms with van der Waals surface area (Å²) in [6.45, 7) is 6.14. The standard InChI is InChI=1S/C30H30N2O5/c1-4-22-18-21(3)19-30(26(22)5-2,32-28(33)35-24-12-8-6-9-13-24)23-16-17-27(31-20-23)37-29(34)36-25-14-10-7-11-15-25/h5-18,20,22H,4,19H2,1-3H3,(H,32,33)/b26-5-. The largest absolute Gasteiger partial charge is 0.520 e. The normalized spacial score (nSPS) is 20.0. The molecule has 37 heavy (non-hydrogen) atoms. The maximum absolute atomic E-state index is 13.1. The summed E-state index contributed by atoms with van der Waals surface area (Å²) in [7, 11) is 0. The number of carbonyl (C=O) groups excluding carboxylic acids is 2. The highest BCUT2D eigenvalue weighted by atomic mass is 16.7. The molecule has 2 atom stereocenters. The van der Waals surface area contributed by atoms with Gasteiger partial charge in [-0.3, -0.25) is 0 Å². The van der Waals surface area contributed by atoms with E-state index >= 15 is 0 Å². The van der Waals surface area contributed by atoms with Crippen LogP contribution in [0.5, 0.6) is 17.4 Å². The van der Waals surface area contributed by atoms with Gasteiger partial charge in [-0.2, -0.15) is 0 Å². The van der Waals surface area contributed by atoms with Crippen LogP contribution in [0.3, 0.4) is 0 Å². The molecule has 0 aliphatic heterocycles. The predicted octanol–water partition coefficient (Wildman–Crippen LogP) is 6.97. The van der Waals surface area contributed by atoms with E-state index < -0.39 is 17.8 Å². The molecule has 1 heterocycles. The van der Waals surface area contributed by atoms with Crippen molar-refractivity contribution in [3.05, 3.63) is 108 Å². The monoisotopic (exact) mass is 498 g/mol. The number of amides is 1. The summed E-state index contributed by atoms with van der Waals surface area (Å²) in [5, 5.41) is 3.14. The molecule has 1 aliphatic carbocycles. The van der Waals surface area contributed by atoms with Crippen molar-refractivity contribution in [3.8, 4) is 17.4 Å². The van der Waals surface area contributed by atoms with Gasteiger partial charge in [-0.15, -0.1) is 0 Å². The van der Waals surface area contributed by atoms with Crippen LogP contribution in [0.1, 0.15) is 39.2 Å². The Morgan fingerprint density at radius 1 is 0.973 bits per heavy atom. The van der Waals surface area contributed by atoms with Crippen LogP contribution in [0.2, 0.25) is 0 Å². The Morgan fingerprint density at radius 3 is 2.19 bits per heavy atom. The topological polar surface area (TPSA) is 86.8 Å². The molecule has 0 radical (unpaired) electrons. The van der Waals surface area contributed by atoms with Crippen molar-refractivity contribution in [2.45, 2.75) is 39.2 Å². The third-order valence-corrected chi connectivity index (χ3v) is 6.30. The van der Waals surface area contributed by atoms with E-state index in [9.17, 15) is 9.59 Å². The Hall–Kier alpha value is -4.39. The summed E-state index contributed by atoms with van der Waals surface area (Å²) >= 11 is 0. The summed E-state index contributed by atoms with van der Waals surface area (Å²) in [4.78, 5) is 29.7. The lowest BCUT2D eigenvalue weighted by Gasteiger charge is -2.43. The van der Waals surface area contributed by atoms with Gasteiger partial charge < -0.3 is 19.5 Å². The molecular formula is C30H30N2O5. The summed E-state index contributed by atoms with van der Waals surface area (Å²) in [5.41, 5.74) is 2.06. The van der Waals surface area contributed by atoms with Crippen molar-refractivity contribution < 1.29 is 23.8 Å². The lowest BCUT2D eigenvalue weighted by molar-refractivity contribution is 0.150. The van der Waals surface area contributed by atoms with Crippen LogP contribution >= 0.6 is 0 Å². The molecule has 190 valence electrons. The van der Waals surface area contributed by atoms with Crippen LogP contribution in [-0.4, -0.2) is 17.2 Å². The van der Waals surface area contributed by atoms with Crippen LogP contribution in [0.25, 0.3) is 0 Å². The van der Waals surface area contributed by atoms with Gasteiger partial charge >= 0.3 is 12.2 Å². The zero-order chi connectivity index (χ0) is 26.3. The van der Waals surface area contributed by atoms with Crippen molar-refractivity contribution in [2.75, 3.05) is 0 Å². The fraction of sp³-hybridized carbons (Fsp3) is 0.233.